The number of aliphatic hydroxyl groups is 1. The van der Waals surface area contributed by atoms with Crippen molar-refractivity contribution >= 4 is 0 Å². The molecule has 0 spiro atoms. The molecule has 0 saturated carbocycles. The van der Waals surface area contributed by atoms with E-state index < -0.39 is 5.60 Å². The van der Waals surface area contributed by atoms with E-state index in [1.807, 2.05) is 6.07 Å². The molecule has 0 bridgehead atoms. The van der Waals surface area contributed by atoms with Crippen LogP contribution in [-0.4, -0.2) is 41.8 Å². The van der Waals surface area contributed by atoms with Crippen LogP contribution in [0.3, 0.4) is 0 Å². The number of hydrogen-bond donors (Lipinski definition) is 2. The first-order valence-corrected chi connectivity index (χ1v) is 6.51. The first-order chi connectivity index (χ1) is 8.61. The minimum Gasteiger partial charge on any atom is -0.388 e. The molecule has 0 aromatic heterocycles. The smallest absolute Gasteiger partial charge is 0.123 e. The van der Waals surface area contributed by atoms with Crippen molar-refractivity contribution in [2.45, 2.75) is 24.9 Å². The zero-order valence-electron chi connectivity index (χ0n) is 10.6. The van der Waals surface area contributed by atoms with Gasteiger partial charge in [0.25, 0.3) is 0 Å². The maximum atomic E-state index is 13.0. The molecule has 1 aromatic rings. The number of likely N-dealkylation sites (tertiary alicyclic amines) is 1. The third kappa shape index (κ3) is 3.51. The first kappa shape index (κ1) is 13.5. The second-order valence-electron chi connectivity index (χ2n) is 5.15. The predicted octanol–water partition coefficient (Wildman–Crippen LogP) is 1.15. The second-order valence-corrected chi connectivity index (χ2v) is 5.15. The van der Waals surface area contributed by atoms with E-state index in [4.69, 9.17) is 5.73 Å². The van der Waals surface area contributed by atoms with Crippen molar-refractivity contribution in [1.82, 2.24) is 4.90 Å². The van der Waals surface area contributed by atoms with Gasteiger partial charge in [-0.05, 0) is 37.0 Å². The van der Waals surface area contributed by atoms with Gasteiger partial charge in [0, 0.05) is 26.2 Å². The fourth-order valence-corrected chi connectivity index (χ4v) is 2.38. The molecule has 1 saturated heterocycles. The lowest BCUT2D eigenvalue weighted by molar-refractivity contribution is -0.0130. The van der Waals surface area contributed by atoms with Crippen LogP contribution in [0.1, 0.15) is 18.4 Å². The fraction of sp³-hybridized carbons (Fsp3) is 0.571. The second kappa shape index (κ2) is 5.78. The third-order valence-corrected chi connectivity index (χ3v) is 3.77. The van der Waals surface area contributed by atoms with Gasteiger partial charge in [-0.1, -0.05) is 12.1 Å². The van der Waals surface area contributed by atoms with Gasteiger partial charge in [-0.15, -0.1) is 0 Å². The standard InChI is InChI=1S/C14H21FN2O/c15-13-3-1-2-12(10-13)4-7-17-8-5-14(18,11-16)6-9-17/h1-3,10,18H,4-9,11,16H2. The summed E-state index contributed by atoms with van der Waals surface area (Å²) in [7, 11) is 0. The van der Waals surface area contributed by atoms with Gasteiger partial charge in [0.15, 0.2) is 0 Å². The summed E-state index contributed by atoms with van der Waals surface area (Å²) in [5.74, 6) is -0.177. The number of nitrogens with zero attached hydrogens (tertiary/aromatic N) is 1. The Balaban J connectivity index is 1.79. The van der Waals surface area contributed by atoms with E-state index in [-0.39, 0.29) is 5.82 Å². The normalized spacial score (nSPS) is 19.9. The Morgan fingerprint density at radius 1 is 1.33 bits per heavy atom. The molecule has 0 unspecified atom stereocenters. The number of piperidine rings is 1. The molecule has 1 aromatic carbocycles. The summed E-state index contributed by atoms with van der Waals surface area (Å²) in [5, 5.41) is 10.0. The van der Waals surface area contributed by atoms with E-state index in [1.165, 1.54) is 6.07 Å². The molecule has 3 N–H and O–H groups in total. The van der Waals surface area contributed by atoms with Gasteiger partial charge in [0.05, 0.1) is 5.60 Å². The maximum absolute atomic E-state index is 13.0. The lowest BCUT2D eigenvalue weighted by atomic mass is 9.91. The monoisotopic (exact) mass is 252 g/mol. The Bertz CT molecular complexity index is 389. The van der Waals surface area contributed by atoms with Crippen molar-refractivity contribution < 1.29 is 9.50 Å². The molecule has 4 heteroatoms. The van der Waals surface area contributed by atoms with Gasteiger partial charge in [0.2, 0.25) is 0 Å². The fourth-order valence-electron chi connectivity index (χ4n) is 2.38. The van der Waals surface area contributed by atoms with E-state index in [9.17, 15) is 9.50 Å². The van der Waals surface area contributed by atoms with E-state index in [1.54, 1.807) is 12.1 Å². The van der Waals surface area contributed by atoms with Gasteiger partial charge in [-0.25, -0.2) is 4.39 Å². The highest BCUT2D eigenvalue weighted by atomic mass is 19.1. The molecule has 0 radical (unpaired) electrons. The molecular formula is C14H21FN2O. The number of benzene rings is 1. The number of halogens is 1. The van der Waals surface area contributed by atoms with Gasteiger partial charge < -0.3 is 15.7 Å². The summed E-state index contributed by atoms with van der Waals surface area (Å²) in [5.41, 5.74) is 5.91. The molecule has 18 heavy (non-hydrogen) atoms. The van der Waals surface area contributed by atoms with E-state index >= 15 is 0 Å². The minimum atomic E-state index is -0.671. The van der Waals surface area contributed by atoms with Crippen molar-refractivity contribution in [2.75, 3.05) is 26.2 Å². The summed E-state index contributed by atoms with van der Waals surface area (Å²) in [6, 6.07) is 6.74. The highest BCUT2D eigenvalue weighted by Crippen LogP contribution is 2.20. The number of nitrogens with two attached hydrogens (primary N) is 1. The van der Waals surface area contributed by atoms with Crippen LogP contribution >= 0.6 is 0 Å². The van der Waals surface area contributed by atoms with Crippen LogP contribution in [-0.2, 0) is 6.42 Å². The average molecular weight is 252 g/mol. The van der Waals surface area contributed by atoms with Crippen molar-refractivity contribution in [1.29, 1.82) is 0 Å². The highest BCUT2D eigenvalue weighted by molar-refractivity contribution is 5.16. The minimum absolute atomic E-state index is 0.177. The van der Waals surface area contributed by atoms with E-state index in [0.717, 1.165) is 44.5 Å². The van der Waals surface area contributed by atoms with Gasteiger partial charge in [-0.2, -0.15) is 0 Å². The lowest BCUT2D eigenvalue weighted by Gasteiger charge is -2.37. The van der Waals surface area contributed by atoms with Gasteiger partial charge in [-0.3, -0.25) is 0 Å². The quantitative estimate of drug-likeness (QED) is 0.845. The molecule has 1 aliphatic rings. The van der Waals surface area contributed by atoms with Crippen LogP contribution in [0, 0.1) is 5.82 Å². The summed E-state index contributed by atoms with van der Waals surface area (Å²) < 4.78 is 13.0. The van der Waals surface area contributed by atoms with Crippen molar-refractivity contribution in [3.63, 3.8) is 0 Å². The molecule has 1 aliphatic heterocycles. The van der Waals surface area contributed by atoms with Crippen LogP contribution in [0.2, 0.25) is 0 Å². The Morgan fingerprint density at radius 2 is 2.06 bits per heavy atom. The SMILES string of the molecule is NCC1(O)CCN(CCc2cccc(F)c2)CC1. The van der Waals surface area contributed by atoms with Gasteiger partial charge >= 0.3 is 0 Å². The summed E-state index contributed by atoms with van der Waals surface area (Å²) in [6.45, 7) is 2.97. The van der Waals surface area contributed by atoms with Gasteiger partial charge in [0.1, 0.15) is 5.82 Å². The predicted molar refractivity (Wildman–Crippen MR) is 69.8 cm³/mol. The van der Waals surface area contributed by atoms with Crippen LogP contribution in [0.5, 0.6) is 0 Å². The number of rotatable bonds is 4. The van der Waals surface area contributed by atoms with Crippen LogP contribution < -0.4 is 5.73 Å². The zero-order valence-corrected chi connectivity index (χ0v) is 10.6. The van der Waals surface area contributed by atoms with Crippen LogP contribution in [0.25, 0.3) is 0 Å². The zero-order chi connectivity index (χ0) is 13.0. The average Bonchev–Trinajstić information content (AvgIpc) is 2.38. The largest absolute Gasteiger partial charge is 0.388 e. The molecule has 1 heterocycles. The topological polar surface area (TPSA) is 49.5 Å². The Morgan fingerprint density at radius 3 is 2.67 bits per heavy atom. The third-order valence-electron chi connectivity index (χ3n) is 3.77. The molecular weight excluding hydrogens is 231 g/mol. The molecule has 0 amide bonds. The maximum Gasteiger partial charge on any atom is 0.123 e. The molecule has 100 valence electrons. The first-order valence-electron chi connectivity index (χ1n) is 6.51. The van der Waals surface area contributed by atoms with E-state index in [0.29, 0.717) is 6.54 Å². The summed E-state index contributed by atoms with van der Waals surface area (Å²) in [4.78, 5) is 2.30. The molecule has 3 nitrogen and oxygen atoms in total. The molecule has 2 rings (SSSR count). The Labute approximate surface area is 107 Å². The summed E-state index contributed by atoms with van der Waals surface area (Å²) >= 11 is 0. The number of hydrogen-bond acceptors (Lipinski definition) is 3. The molecule has 1 fully saturated rings. The van der Waals surface area contributed by atoms with Crippen molar-refractivity contribution in [3.05, 3.63) is 35.6 Å². The lowest BCUT2D eigenvalue weighted by Crippen LogP contribution is -2.49. The molecule has 0 aliphatic carbocycles. The van der Waals surface area contributed by atoms with E-state index in [2.05, 4.69) is 4.90 Å². The highest BCUT2D eigenvalue weighted by Gasteiger charge is 2.30. The van der Waals surface area contributed by atoms with Crippen molar-refractivity contribution in [2.24, 2.45) is 5.73 Å². The Kier molecular flexibility index (Phi) is 4.32. The Hall–Kier alpha value is -0.970. The van der Waals surface area contributed by atoms with Crippen LogP contribution in [0.4, 0.5) is 4.39 Å². The summed E-state index contributed by atoms with van der Waals surface area (Å²) in [6.07, 6.45) is 2.30. The van der Waals surface area contributed by atoms with Crippen molar-refractivity contribution in [3.8, 4) is 0 Å². The van der Waals surface area contributed by atoms with Crippen LogP contribution in [0.15, 0.2) is 24.3 Å². The molecule has 0 atom stereocenters.